The van der Waals surface area contributed by atoms with E-state index in [0.29, 0.717) is 12.6 Å². The second kappa shape index (κ2) is 5.33. The third-order valence-corrected chi connectivity index (χ3v) is 4.19. The van der Waals surface area contributed by atoms with Crippen molar-refractivity contribution in [3.05, 3.63) is 18.2 Å². The predicted molar refractivity (Wildman–Crippen MR) is 71.6 cm³/mol. The Morgan fingerprint density at radius 1 is 1.41 bits per heavy atom. The van der Waals surface area contributed by atoms with Gasteiger partial charge in [0, 0.05) is 27.1 Å². The molecule has 0 radical (unpaired) electrons. The van der Waals surface area contributed by atoms with E-state index >= 15 is 0 Å². The molecule has 0 unspecified atom stereocenters. The number of nitrogens with zero attached hydrogens (tertiary/aromatic N) is 2. The van der Waals surface area contributed by atoms with Gasteiger partial charge >= 0.3 is 0 Å². The van der Waals surface area contributed by atoms with Gasteiger partial charge in [0.2, 0.25) is 0 Å². The zero-order valence-electron chi connectivity index (χ0n) is 11.5. The molecule has 98 valence electrons. The van der Waals surface area contributed by atoms with Crippen molar-refractivity contribution in [2.75, 3.05) is 6.61 Å². The van der Waals surface area contributed by atoms with E-state index in [1.165, 1.54) is 0 Å². The molecular weight excluding hydrogens is 232 g/mol. The minimum atomic E-state index is -1.03. The second-order valence-corrected chi connectivity index (χ2v) is 11.7. The van der Waals surface area contributed by atoms with Crippen LogP contribution < -0.4 is 0 Å². The van der Waals surface area contributed by atoms with Gasteiger partial charge in [-0.3, -0.25) is 0 Å². The van der Waals surface area contributed by atoms with Crippen molar-refractivity contribution in [1.82, 2.24) is 9.55 Å². The molecular formula is C12H24N2O2Si. The average molecular weight is 256 g/mol. The Hall–Kier alpha value is -0.653. The lowest BCUT2D eigenvalue weighted by Gasteiger charge is -2.19. The molecule has 0 aliphatic heterocycles. The van der Waals surface area contributed by atoms with E-state index in [1.54, 1.807) is 20.0 Å². The van der Waals surface area contributed by atoms with Crippen LogP contribution in [0.2, 0.25) is 25.7 Å². The molecule has 0 aromatic carbocycles. The van der Waals surface area contributed by atoms with Gasteiger partial charge < -0.3 is 14.4 Å². The molecule has 0 amide bonds. The van der Waals surface area contributed by atoms with Gasteiger partial charge in [0.25, 0.3) is 0 Å². The van der Waals surface area contributed by atoms with Gasteiger partial charge in [-0.15, -0.1) is 0 Å². The average Bonchev–Trinajstić information content (AvgIpc) is 2.58. The molecule has 5 heteroatoms. The molecule has 1 aromatic heterocycles. The highest BCUT2D eigenvalue weighted by atomic mass is 28.3. The molecule has 0 fully saturated rings. The monoisotopic (exact) mass is 256 g/mol. The van der Waals surface area contributed by atoms with Crippen LogP contribution >= 0.6 is 0 Å². The van der Waals surface area contributed by atoms with Crippen LogP contribution in [0.1, 0.15) is 19.7 Å². The first kappa shape index (κ1) is 14.4. The summed E-state index contributed by atoms with van der Waals surface area (Å²) in [5.74, 6) is 0.644. The van der Waals surface area contributed by atoms with Crippen molar-refractivity contribution >= 4 is 8.07 Å². The van der Waals surface area contributed by atoms with Crippen molar-refractivity contribution in [2.24, 2.45) is 0 Å². The second-order valence-electron chi connectivity index (χ2n) is 6.13. The third kappa shape index (κ3) is 5.02. The van der Waals surface area contributed by atoms with Crippen LogP contribution in [0.15, 0.2) is 12.4 Å². The largest absolute Gasteiger partial charge is 0.383 e. The first-order valence-electron chi connectivity index (χ1n) is 6.02. The van der Waals surface area contributed by atoms with E-state index in [0.717, 1.165) is 12.7 Å². The highest BCUT2D eigenvalue weighted by Crippen LogP contribution is 2.17. The first-order chi connectivity index (χ1) is 7.70. The molecule has 4 nitrogen and oxygen atoms in total. The summed E-state index contributed by atoms with van der Waals surface area (Å²) < 4.78 is 7.49. The highest BCUT2D eigenvalue weighted by Gasteiger charge is 2.21. The summed E-state index contributed by atoms with van der Waals surface area (Å²) in [6.45, 7) is 11.7. The Bertz CT molecular complexity index is 350. The Morgan fingerprint density at radius 2 is 2.06 bits per heavy atom. The highest BCUT2D eigenvalue weighted by molar-refractivity contribution is 6.76. The molecule has 1 aromatic rings. The lowest BCUT2D eigenvalue weighted by Crippen LogP contribution is -2.24. The van der Waals surface area contributed by atoms with Crippen LogP contribution in [-0.2, 0) is 17.1 Å². The van der Waals surface area contributed by atoms with Crippen LogP contribution in [0.5, 0.6) is 0 Å². The summed E-state index contributed by atoms with van der Waals surface area (Å²) in [5.41, 5.74) is -0.925. The van der Waals surface area contributed by atoms with Crippen molar-refractivity contribution < 1.29 is 9.84 Å². The lowest BCUT2D eigenvalue weighted by atomic mass is 10.1. The molecule has 0 saturated carbocycles. The fourth-order valence-corrected chi connectivity index (χ4v) is 2.24. The molecule has 0 bridgehead atoms. The molecule has 0 aliphatic carbocycles. The van der Waals surface area contributed by atoms with E-state index in [9.17, 15) is 5.11 Å². The maximum atomic E-state index is 9.91. The number of imidazole rings is 1. The van der Waals surface area contributed by atoms with Crippen molar-refractivity contribution in [3.8, 4) is 0 Å². The standard InChI is InChI=1S/C12H24N2O2Si/c1-12(2,15)11-13-6-7-14(11)10-16-8-9-17(3,4)5/h6-7,15H,8-10H2,1-5H3. The summed E-state index contributed by atoms with van der Waals surface area (Å²) >= 11 is 0. The number of aliphatic hydroxyl groups is 1. The third-order valence-electron chi connectivity index (χ3n) is 2.49. The Labute approximate surface area is 105 Å². The minimum Gasteiger partial charge on any atom is -0.383 e. The number of ether oxygens (including phenoxy) is 1. The van der Waals surface area contributed by atoms with Crippen LogP contribution in [0.25, 0.3) is 0 Å². The molecule has 17 heavy (non-hydrogen) atoms. The van der Waals surface area contributed by atoms with Gasteiger partial charge in [-0.1, -0.05) is 19.6 Å². The fourth-order valence-electron chi connectivity index (χ4n) is 1.48. The van der Waals surface area contributed by atoms with Gasteiger partial charge in [-0.2, -0.15) is 0 Å². The summed E-state index contributed by atoms with van der Waals surface area (Å²) in [5, 5.41) is 9.91. The quantitative estimate of drug-likeness (QED) is 0.628. The summed E-state index contributed by atoms with van der Waals surface area (Å²) in [7, 11) is -1.03. The van der Waals surface area contributed by atoms with Gasteiger partial charge in [0.15, 0.2) is 0 Å². The SMILES string of the molecule is CC(C)(O)c1nccn1COCC[Si](C)(C)C. The molecule has 1 rings (SSSR count). The molecule has 0 spiro atoms. The topological polar surface area (TPSA) is 47.3 Å². The van der Waals surface area contributed by atoms with E-state index in [4.69, 9.17) is 4.74 Å². The molecule has 1 N–H and O–H groups in total. The predicted octanol–water partition coefficient (Wildman–Crippen LogP) is 2.42. The van der Waals surface area contributed by atoms with Crippen LogP contribution in [0.4, 0.5) is 0 Å². The lowest BCUT2D eigenvalue weighted by molar-refractivity contribution is 0.0412. The maximum Gasteiger partial charge on any atom is 0.142 e. The smallest absolute Gasteiger partial charge is 0.142 e. The summed E-state index contributed by atoms with van der Waals surface area (Å²) in [6.07, 6.45) is 3.52. The van der Waals surface area contributed by atoms with E-state index in [-0.39, 0.29) is 0 Å². The number of aromatic nitrogens is 2. The van der Waals surface area contributed by atoms with Crippen molar-refractivity contribution in [3.63, 3.8) is 0 Å². The van der Waals surface area contributed by atoms with E-state index in [1.807, 2.05) is 10.8 Å². The van der Waals surface area contributed by atoms with Crippen molar-refractivity contribution in [1.29, 1.82) is 0 Å². The Balaban J connectivity index is 2.45. The molecule has 0 atom stereocenters. The molecule has 0 aliphatic rings. The van der Waals surface area contributed by atoms with Gasteiger partial charge in [-0.05, 0) is 19.9 Å². The minimum absolute atomic E-state index is 0.462. The van der Waals surface area contributed by atoms with Crippen LogP contribution in [-0.4, -0.2) is 29.3 Å². The van der Waals surface area contributed by atoms with Gasteiger partial charge in [0.05, 0.1) is 0 Å². The maximum absolute atomic E-state index is 9.91. The first-order valence-corrected chi connectivity index (χ1v) is 9.72. The number of hydrogen-bond donors (Lipinski definition) is 1. The summed E-state index contributed by atoms with van der Waals surface area (Å²) in [4.78, 5) is 4.16. The van der Waals surface area contributed by atoms with Gasteiger partial charge in [0.1, 0.15) is 18.2 Å². The van der Waals surface area contributed by atoms with Crippen LogP contribution in [0.3, 0.4) is 0 Å². The molecule has 0 saturated heterocycles. The zero-order valence-corrected chi connectivity index (χ0v) is 12.5. The normalized spacial score (nSPS) is 13.1. The van der Waals surface area contributed by atoms with Crippen molar-refractivity contribution in [2.45, 2.75) is 51.9 Å². The summed E-state index contributed by atoms with van der Waals surface area (Å²) in [6, 6.07) is 1.15. The van der Waals surface area contributed by atoms with Crippen LogP contribution in [0, 0.1) is 0 Å². The number of hydrogen-bond acceptors (Lipinski definition) is 3. The van der Waals surface area contributed by atoms with E-state index in [2.05, 4.69) is 24.6 Å². The van der Waals surface area contributed by atoms with E-state index < -0.39 is 13.7 Å². The molecule has 1 heterocycles. The zero-order chi connectivity index (χ0) is 13.1. The number of rotatable bonds is 6. The Kier molecular flexibility index (Phi) is 4.52. The Morgan fingerprint density at radius 3 is 2.59 bits per heavy atom. The fraction of sp³-hybridized carbons (Fsp3) is 0.750. The van der Waals surface area contributed by atoms with Gasteiger partial charge in [-0.25, -0.2) is 4.98 Å².